The fourth-order valence-electron chi connectivity index (χ4n) is 1.85. The second-order valence-corrected chi connectivity index (χ2v) is 6.09. The van der Waals surface area contributed by atoms with Gasteiger partial charge in [-0.1, -0.05) is 24.4 Å². The Kier molecular flexibility index (Phi) is 5.47. The number of aromatic nitrogens is 3. The fraction of sp³-hybridized carbons (Fsp3) is 0.353. The molecule has 0 aliphatic rings. The maximum Gasteiger partial charge on any atom is 0.415 e. The number of hydrogen-bond acceptors (Lipinski definition) is 4. The highest BCUT2D eigenvalue weighted by Crippen LogP contribution is 2.27. The van der Waals surface area contributed by atoms with E-state index >= 15 is 0 Å². The Bertz CT molecular complexity index is 750. The maximum absolute atomic E-state index is 12.5. The Labute approximate surface area is 146 Å². The molecule has 2 aromatic heterocycles. The largest absolute Gasteiger partial charge is 0.443 e. The minimum absolute atomic E-state index is 0.0249. The third-order valence-corrected chi connectivity index (χ3v) is 3.81. The molecule has 0 unspecified atom stereocenters. The second-order valence-electron chi connectivity index (χ2n) is 5.73. The number of pyridine rings is 1. The molecule has 2 heterocycles. The lowest BCUT2D eigenvalue weighted by atomic mass is 10.1. The highest BCUT2D eigenvalue weighted by molar-refractivity contribution is 6.32. The first-order valence-corrected chi connectivity index (χ1v) is 7.85. The van der Waals surface area contributed by atoms with Crippen molar-refractivity contribution in [3.8, 4) is 18.0 Å². The van der Waals surface area contributed by atoms with Crippen molar-refractivity contribution in [1.82, 2.24) is 14.8 Å². The van der Waals surface area contributed by atoms with Crippen LogP contribution in [-0.2, 0) is 4.74 Å². The molecule has 7 heteroatoms. The van der Waals surface area contributed by atoms with Gasteiger partial charge in [-0.15, -0.1) is 6.42 Å². The van der Waals surface area contributed by atoms with E-state index in [1.165, 1.54) is 9.58 Å². The van der Waals surface area contributed by atoms with E-state index in [2.05, 4.69) is 16.0 Å². The van der Waals surface area contributed by atoms with Crippen LogP contribution in [0.3, 0.4) is 0 Å². The minimum atomic E-state index is -0.601. The molecule has 0 aliphatic carbocycles. The van der Waals surface area contributed by atoms with E-state index in [9.17, 15) is 4.79 Å². The zero-order valence-electron chi connectivity index (χ0n) is 13.9. The van der Waals surface area contributed by atoms with E-state index in [1.807, 2.05) is 26.8 Å². The smallest absolute Gasteiger partial charge is 0.415 e. The maximum atomic E-state index is 12.5. The average molecular weight is 347 g/mol. The summed E-state index contributed by atoms with van der Waals surface area (Å²) in [7, 11) is 0. The molecule has 0 radical (unpaired) electrons. The van der Waals surface area contributed by atoms with Crippen molar-refractivity contribution < 1.29 is 9.53 Å². The molecule has 1 amide bonds. The number of halogens is 1. The van der Waals surface area contributed by atoms with Crippen LogP contribution in [0.2, 0.25) is 5.15 Å². The van der Waals surface area contributed by atoms with Gasteiger partial charge in [0.2, 0.25) is 0 Å². The number of rotatable bonds is 5. The van der Waals surface area contributed by atoms with Crippen molar-refractivity contribution in [3.05, 3.63) is 35.9 Å². The molecular formula is C17H19ClN4O2. The summed E-state index contributed by atoms with van der Waals surface area (Å²) >= 11 is 6.20. The molecule has 0 saturated carbocycles. The first-order chi connectivity index (χ1) is 11.4. The first-order valence-electron chi connectivity index (χ1n) is 7.47. The molecule has 0 saturated heterocycles. The molecule has 6 nitrogen and oxygen atoms in total. The van der Waals surface area contributed by atoms with Gasteiger partial charge >= 0.3 is 6.09 Å². The molecule has 0 spiro atoms. The number of hydrogen-bond donors (Lipinski definition) is 0. The normalized spacial score (nSPS) is 11.0. The van der Waals surface area contributed by atoms with Crippen LogP contribution in [0.25, 0.3) is 5.69 Å². The van der Waals surface area contributed by atoms with Crippen LogP contribution in [0.4, 0.5) is 10.5 Å². The zero-order chi connectivity index (χ0) is 17.7. The van der Waals surface area contributed by atoms with Gasteiger partial charge in [0.1, 0.15) is 11.3 Å². The van der Waals surface area contributed by atoms with Crippen molar-refractivity contribution in [2.45, 2.75) is 32.8 Å². The van der Waals surface area contributed by atoms with E-state index < -0.39 is 11.7 Å². The number of ether oxygens (including phenoxy) is 1. The van der Waals surface area contributed by atoms with Crippen LogP contribution >= 0.6 is 11.6 Å². The van der Waals surface area contributed by atoms with E-state index in [1.54, 1.807) is 24.7 Å². The van der Waals surface area contributed by atoms with E-state index in [0.29, 0.717) is 17.8 Å². The summed E-state index contributed by atoms with van der Waals surface area (Å²) in [6, 6.07) is 3.60. The Morgan fingerprint density at radius 3 is 2.88 bits per heavy atom. The van der Waals surface area contributed by atoms with E-state index in [0.717, 1.165) is 0 Å². The lowest BCUT2D eigenvalue weighted by Gasteiger charge is -2.27. The van der Waals surface area contributed by atoms with Gasteiger partial charge in [0.05, 0.1) is 24.6 Å². The number of carbonyl (C=O) groups is 1. The van der Waals surface area contributed by atoms with Crippen LogP contribution in [0, 0.1) is 12.3 Å². The predicted molar refractivity (Wildman–Crippen MR) is 93.4 cm³/mol. The van der Waals surface area contributed by atoms with Gasteiger partial charge in [-0.2, -0.15) is 5.10 Å². The molecule has 0 aromatic carbocycles. The van der Waals surface area contributed by atoms with Gasteiger partial charge < -0.3 is 4.74 Å². The van der Waals surface area contributed by atoms with Gasteiger partial charge in [-0.3, -0.25) is 9.88 Å². The number of terminal acetylenes is 1. The zero-order valence-corrected chi connectivity index (χ0v) is 14.6. The highest BCUT2D eigenvalue weighted by Gasteiger charge is 2.27. The van der Waals surface area contributed by atoms with Crippen molar-refractivity contribution in [1.29, 1.82) is 0 Å². The SMILES string of the molecule is C#CCN(C(=O)OC(C)(C)CC)c1cn(-c2cccnc2)nc1Cl. The molecule has 0 N–H and O–H groups in total. The molecule has 0 atom stereocenters. The van der Waals surface area contributed by atoms with Crippen LogP contribution in [-0.4, -0.2) is 33.0 Å². The summed E-state index contributed by atoms with van der Waals surface area (Å²) in [6.07, 6.45) is 10.4. The van der Waals surface area contributed by atoms with Crippen molar-refractivity contribution in [2.24, 2.45) is 0 Å². The molecule has 126 valence electrons. The van der Waals surface area contributed by atoms with E-state index in [4.69, 9.17) is 22.8 Å². The topological polar surface area (TPSA) is 60.2 Å². The van der Waals surface area contributed by atoms with Crippen LogP contribution in [0.1, 0.15) is 27.2 Å². The summed E-state index contributed by atoms with van der Waals surface area (Å²) in [4.78, 5) is 17.8. The molecular weight excluding hydrogens is 328 g/mol. The van der Waals surface area contributed by atoms with Gasteiger partial charge in [-0.05, 0) is 32.4 Å². The monoisotopic (exact) mass is 346 g/mol. The summed E-state index contributed by atoms with van der Waals surface area (Å²) in [5.74, 6) is 2.44. The quantitative estimate of drug-likeness (QED) is 0.775. The minimum Gasteiger partial charge on any atom is -0.443 e. The van der Waals surface area contributed by atoms with Crippen molar-refractivity contribution in [3.63, 3.8) is 0 Å². The van der Waals surface area contributed by atoms with Gasteiger partial charge in [0, 0.05) is 6.20 Å². The number of anilines is 1. The van der Waals surface area contributed by atoms with Gasteiger partial charge in [0.25, 0.3) is 0 Å². The van der Waals surface area contributed by atoms with Gasteiger partial charge in [0.15, 0.2) is 5.15 Å². The number of amides is 1. The van der Waals surface area contributed by atoms with Gasteiger partial charge in [-0.25, -0.2) is 9.48 Å². The molecule has 0 bridgehead atoms. The lowest BCUT2D eigenvalue weighted by Crippen LogP contribution is -2.38. The van der Waals surface area contributed by atoms with Crippen LogP contribution < -0.4 is 4.90 Å². The summed E-state index contributed by atoms with van der Waals surface area (Å²) in [6.45, 7) is 5.63. The molecule has 2 aromatic rings. The summed E-state index contributed by atoms with van der Waals surface area (Å²) in [5, 5.41) is 4.36. The second kappa shape index (κ2) is 7.37. The molecule has 24 heavy (non-hydrogen) atoms. The van der Waals surface area contributed by atoms with Crippen molar-refractivity contribution in [2.75, 3.05) is 11.4 Å². The van der Waals surface area contributed by atoms with Crippen molar-refractivity contribution >= 4 is 23.4 Å². The third-order valence-electron chi connectivity index (χ3n) is 3.54. The van der Waals surface area contributed by atoms with E-state index in [-0.39, 0.29) is 11.7 Å². The summed E-state index contributed by atoms with van der Waals surface area (Å²) in [5.41, 5.74) is 0.499. The lowest BCUT2D eigenvalue weighted by molar-refractivity contribution is 0.0416. The Hall–Kier alpha value is -2.52. The number of nitrogens with zero attached hydrogens (tertiary/aromatic N) is 4. The molecule has 0 fully saturated rings. The Morgan fingerprint density at radius 1 is 1.54 bits per heavy atom. The van der Waals surface area contributed by atoms with Crippen LogP contribution in [0.5, 0.6) is 0 Å². The fourth-order valence-corrected chi connectivity index (χ4v) is 2.08. The third kappa shape index (κ3) is 4.06. The standard InChI is InChI=1S/C17H19ClN4O2/c1-5-10-21(16(23)24-17(3,4)6-2)14-12-22(20-15(14)18)13-8-7-9-19-11-13/h1,7-9,11-12H,6,10H2,2-4H3. The number of carbonyl (C=O) groups excluding carboxylic acids is 1. The molecule has 0 aliphatic heterocycles. The highest BCUT2D eigenvalue weighted by atomic mass is 35.5. The summed E-state index contributed by atoms with van der Waals surface area (Å²) < 4.78 is 7.04. The molecule has 2 rings (SSSR count). The predicted octanol–water partition coefficient (Wildman–Crippen LogP) is 3.69. The Balaban J connectivity index is 2.33. The van der Waals surface area contributed by atoms with Crippen LogP contribution in [0.15, 0.2) is 30.7 Å². The first kappa shape index (κ1) is 17.8. The average Bonchev–Trinajstić information content (AvgIpc) is 2.94. The Morgan fingerprint density at radius 2 is 2.29 bits per heavy atom.